The first-order chi connectivity index (χ1) is 22.3. The molecule has 0 saturated heterocycles. The number of hydrogen-bond donors (Lipinski definition) is 1. The summed E-state index contributed by atoms with van der Waals surface area (Å²) < 4.78 is 2.37. The lowest BCUT2D eigenvalue weighted by atomic mass is 10.1. The average molecular weight is 578 g/mol. The molecule has 8 aromatic rings. The van der Waals surface area contributed by atoms with Crippen LogP contribution < -0.4 is 10.2 Å². The first-order valence-corrected chi connectivity index (χ1v) is 15.3. The summed E-state index contributed by atoms with van der Waals surface area (Å²) in [5.41, 5.74) is 11.3. The molecule has 1 aromatic heterocycles. The van der Waals surface area contributed by atoms with E-state index in [9.17, 15) is 0 Å². The van der Waals surface area contributed by atoms with Gasteiger partial charge in [0.1, 0.15) is 0 Å². The number of fused-ring (bicyclic) bond motifs is 3. The number of para-hydroxylation sites is 3. The number of rotatable bonds is 7. The van der Waals surface area contributed by atoms with Gasteiger partial charge in [0.05, 0.1) is 11.0 Å². The summed E-state index contributed by atoms with van der Waals surface area (Å²) in [5.74, 6) is 0. The maximum Gasteiger partial charge on any atom is 0.0561 e. The molecule has 7 aromatic carbocycles. The fourth-order valence-corrected chi connectivity index (χ4v) is 6.24. The number of benzene rings is 7. The molecule has 45 heavy (non-hydrogen) atoms. The third kappa shape index (κ3) is 5.11. The molecule has 3 heteroatoms. The zero-order chi connectivity index (χ0) is 30.0. The topological polar surface area (TPSA) is 20.2 Å². The van der Waals surface area contributed by atoms with Gasteiger partial charge in [0.25, 0.3) is 0 Å². The second-order valence-electron chi connectivity index (χ2n) is 11.2. The van der Waals surface area contributed by atoms with Crippen molar-refractivity contribution >= 4 is 50.2 Å². The van der Waals surface area contributed by atoms with E-state index in [4.69, 9.17) is 0 Å². The molecule has 0 fully saturated rings. The molecule has 0 bridgehead atoms. The minimum atomic E-state index is 1.03. The normalized spacial score (nSPS) is 11.1. The van der Waals surface area contributed by atoms with Gasteiger partial charge < -0.3 is 14.8 Å². The Kier molecular flexibility index (Phi) is 6.82. The molecule has 8 rings (SSSR count). The third-order valence-corrected chi connectivity index (χ3v) is 8.33. The van der Waals surface area contributed by atoms with Crippen LogP contribution in [0.4, 0.5) is 28.4 Å². The largest absolute Gasteiger partial charge is 0.355 e. The minimum Gasteiger partial charge on any atom is -0.355 e. The van der Waals surface area contributed by atoms with Gasteiger partial charge in [-0.1, -0.05) is 109 Å². The maximum absolute atomic E-state index is 3.63. The fraction of sp³-hybridized carbons (Fsp3) is 0. The van der Waals surface area contributed by atoms with Gasteiger partial charge >= 0.3 is 0 Å². The molecule has 1 heterocycles. The average Bonchev–Trinajstić information content (AvgIpc) is 3.44. The summed E-state index contributed by atoms with van der Waals surface area (Å²) in [7, 11) is 0. The van der Waals surface area contributed by atoms with Crippen molar-refractivity contribution in [2.75, 3.05) is 10.2 Å². The van der Waals surface area contributed by atoms with E-state index in [1.54, 1.807) is 0 Å². The van der Waals surface area contributed by atoms with Crippen LogP contribution in [0.25, 0.3) is 38.6 Å². The summed E-state index contributed by atoms with van der Waals surface area (Å²) in [5, 5.41) is 6.11. The van der Waals surface area contributed by atoms with Gasteiger partial charge in [-0.3, -0.25) is 0 Å². The van der Waals surface area contributed by atoms with Crippen molar-refractivity contribution in [2.24, 2.45) is 0 Å². The molecule has 214 valence electrons. The smallest absolute Gasteiger partial charge is 0.0561 e. The van der Waals surface area contributed by atoms with Crippen LogP contribution in [0, 0.1) is 0 Å². The minimum absolute atomic E-state index is 1.03. The number of nitrogens with one attached hydrogen (secondary N) is 1. The first-order valence-electron chi connectivity index (χ1n) is 15.3. The van der Waals surface area contributed by atoms with Crippen molar-refractivity contribution in [3.8, 4) is 16.8 Å². The van der Waals surface area contributed by atoms with Crippen LogP contribution in [0.5, 0.6) is 0 Å². The molecule has 3 nitrogen and oxygen atoms in total. The summed E-state index contributed by atoms with van der Waals surface area (Å²) in [4.78, 5) is 2.33. The molecule has 0 aliphatic carbocycles. The van der Waals surface area contributed by atoms with Crippen LogP contribution in [-0.2, 0) is 0 Å². The summed E-state index contributed by atoms with van der Waals surface area (Å²) in [6.07, 6.45) is 0. The Morgan fingerprint density at radius 1 is 0.378 bits per heavy atom. The first kappa shape index (κ1) is 26.6. The van der Waals surface area contributed by atoms with Gasteiger partial charge in [0.15, 0.2) is 0 Å². The van der Waals surface area contributed by atoms with E-state index < -0.39 is 0 Å². The van der Waals surface area contributed by atoms with Crippen molar-refractivity contribution in [1.29, 1.82) is 0 Å². The lowest BCUT2D eigenvalue weighted by molar-refractivity contribution is 1.18. The van der Waals surface area contributed by atoms with E-state index >= 15 is 0 Å². The van der Waals surface area contributed by atoms with Gasteiger partial charge in [-0.25, -0.2) is 0 Å². The quantitative estimate of drug-likeness (QED) is 0.203. The zero-order valence-corrected chi connectivity index (χ0v) is 24.7. The Morgan fingerprint density at radius 3 is 1.76 bits per heavy atom. The summed E-state index contributed by atoms with van der Waals surface area (Å²) in [6.45, 7) is 0. The molecular formula is C42H31N3. The molecule has 0 radical (unpaired) electrons. The predicted molar refractivity (Wildman–Crippen MR) is 191 cm³/mol. The molecule has 0 atom stereocenters. The number of anilines is 5. The van der Waals surface area contributed by atoms with Gasteiger partial charge in [-0.2, -0.15) is 0 Å². The van der Waals surface area contributed by atoms with Crippen LogP contribution in [0.3, 0.4) is 0 Å². The molecule has 1 N–H and O–H groups in total. The Morgan fingerprint density at radius 2 is 0.978 bits per heavy atom. The monoisotopic (exact) mass is 577 g/mol. The lowest BCUT2D eigenvalue weighted by Gasteiger charge is -2.26. The third-order valence-electron chi connectivity index (χ3n) is 8.33. The Labute approximate surface area is 263 Å². The molecule has 0 aliphatic heterocycles. The van der Waals surface area contributed by atoms with Gasteiger partial charge in [-0.15, -0.1) is 0 Å². The molecule has 0 saturated carbocycles. The van der Waals surface area contributed by atoms with Crippen molar-refractivity contribution in [1.82, 2.24) is 4.57 Å². The van der Waals surface area contributed by atoms with Gasteiger partial charge in [0.2, 0.25) is 0 Å². The Bertz CT molecular complexity index is 2220. The molecule has 0 amide bonds. The highest BCUT2D eigenvalue weighted by molar-refractivity contribution is 6.10. The van der Waals surface area contributed by atoms with Crippen LogP contribution in [0.2, 0.25) is 0 Å². The second kappa shape index (κ2) is 11.6. The van der Waals surface area contributed by atoms with Crippen LogP contribution in [-0.4, -0.2) is 4.57 Å². The standard InChI is InChI=1S/C42H31N3/c1-4-13-31(14-5-1)32-23-25-33(26-24-32)43-34-15-12-20-37(29-34)44(35-16-6-2-7-17-35)38-27-28-40-39-21-10-11-22-41(39)45(42(40)30-38)36-18-8-3-9-19-36/h1-30,43H. The highest BCUT2D eigenvalue weighted by Gasteiger charge is 2.17. The van der Waals surface area contributed by atoms with Crippen molar-refractivity contribution in [3.63, 3.8) is 0 Å². The van der Waals surface area contributed by atoms with Crippen LogP contribution in [0.1, 0.15) is 0 Å². The van der Waals surface area contributed by atoms with Crippen molar-refractivity contribution < 1.29 is 0 Å². The van der Waals surface area contributed by atoms with E-state index in [0.29, 0.717) is 0 Å². The Balaban J connectivity index is 1.21. The SMILES string of the molecule is c1ccc(-c2ccc(Nc3cccc(N(c4ccccc4)c4ccc5c6ccccc6n(-c6ccccc6)c5c4)c3)cc2)cc1. The highest BCUT2D eigenvalue weighted by Crippen LogP contribution is 2.40. The van der Waals surface area contributed by atoms with E-state index in [2.05, 4.69) is 191 Å². The number of aromatic nitrogens is 1. The highest BCUT2D eigenvalue weighted by atomic mass is 15.1. The molecule has 0 unspecified atom stereocenters. The van der Waals surface area contributed by atoms with Gasteiger partial charge in [-0.05, 0) is 83.9 Å². The number of nitrogens with zero attached hydrogens (tertiary/aromatic N) is 2. The van der Waals surface area contributed by atoms with E-state index in [1.807, 2.05) is 6.07 Å². The van der Waals surface area contributed by atoms with E-state index in [1.165, 1.54) is 32.9 Å². The lowest BCUT2D eigenvalue weighted by Crippen LogP contribution is -2.10. The van der Waals surface area contributed by atoms with Crippen molar-refractivity contribution in [2.45, 2.75) is 0 Å². The summed E-state index contributed by atoms with van der Waals surface area (Å²) in [6, 6.07) is 64.4. The molecule has 0 aliphatic rings. The number of hydrogen-bond acceptors (Lipinski definition) is 2. The Hall–Kier alpha value is -6.06. The predicted octanol–water partition coefficient (Wildman–Crippen LogP) is 11.7. The van der Waals surface area contributed by atoms with E-state index in [-0.39, 0.29) is 0 Å². The van der Waals surface area contributed by atoms with Crippen LogP contribution in [0.15, 0.2) is 182 Å². The van der Waals surface area contributed by atoms with Crippen molar-refractivity contribution in [3.05, 3.63) is 182 Å². The van der Waals surface area contributed by atoms with Crippen LogP contribution >= 0.6 is 0 Å². The fourth-order valence-electron chi connectivity index (χ4n) is 6.24. The molecular weight excluding hydrogens is 546 g/mol. The van der Waals surface area contributed by atoms with E-state index in [0.717, 1.165) is 34.1 Å². The second-order valence-corrected chi connectivity index (χ2v) is 11.2. The van der Waals surface area contributed by atoms with Gasteiger partial charge in [0, 0.05) is 44.9 Å². The summed E-state index contributed by atoms with van der Waals surface area (Å²) >= 11 is 0. The maximum atomic E-state index is 3.63. The molecule has 0 spiro atoms. The zero-order valence-electron chi connectivity index (χ0n) is 24.7.